The van der Waals surface area contributed by atoms with Gasteiger partial charge < -0.3 is 5.32 Å². The minimum Gasteiger partial charge on any atom is -0.312 e. The van der Waals surface area contributed by atoms with Crippen LogP contribution in [0.25, 0.3) is 0 Å². The zero-order valence-electron chi connectivity index (χ0n) is 12.0. The lowest BCUT2D eigenvalue weighted by molar-refractivity contribution is 0.149. The average Bonchev–Trinajstić information content (AvgIpc) is 2.27. The Bertz CT molecular complexity index is 205. The van der Waals surface area contributed by atoms with E-state index in [4.69, 9.17) is 0 Å². The summed E-state index contributed by atoms with van der Waals surface area (Å²) in [5, 5.41) is 3.71. The Morgan fingerprint density at radius 2 is 1.94 bits per heavy atom. The molecule has 2 heteroatoms. The number of nitrogens with one attached hydrogen (secondary N) is 1. The van der Waals surface area contributed by atoms with Crippen molar-refractivity contribution in [3.63, 3.8) is 0 Å². The smallest absolute Gasteiger partial charge is 0.0243 e. The van der Waals surface area contributed by atoms with Gasteiger partial charge >= 0.3 is 0 Å². The molecule has 0 aromatic carbocycles. The Morgan fingerprint density at radius 3 is 2.44 bits per heavy atom. The lowest BCUT2D eigenvalue weighted by atomic mass is 9.86. The van der Waals surface area contributed by atoms with Gasteiger partial charge in [0.25, 0.3) is 0 Å². The fraction of sp³-hybridized carbons (Fsp3) is 1.00. The van der Waals surface area contributed by atoms with Crippen LogP contribution in [-0.2, 0) is 0 Å². The molecule has 0 aromatic heterocycles. The maximum Gasteiger partial charge on any atom is 0.0243 e. The molecule has 96 valence electrons. The quantitative estimate of drug-likeness (QED) is 0.779. The van der Waals surface area contributed by atoms with Crippen molar-refractivity contribution in [1.82, 2.24) is 10.2 Å². The van der Waals surface area contributed by atoms with E-state index in [2.05, 4.69) is 51.8 Å². The fourth-order valence-corrected chi connectivity index (χ4v) is 2.43. The molecule has 0 bridgehead atoms. The highest BCUT2D eigenvalue weighted by atomic mass is 15.2. The topological polar surface area (TPSA) is 15.3 Å². The van der Waals surface area contributed by atoms with E-state index >= 15 is 0 Å². The predicted molar refractivity (Wildman–Crippen MR) is 71.7 cm³/mol. The summed E-state index contributed by atoms with van der Waals surface area (Å²) in [6, 6.07) is 1.35. The zero-order valence-corrected chi connectivity index (χ0v) is 12.0. The Morgan fingerprint density at radius 1 is 1.31 bits per heavy atom. The van der Waals surface area contributed by atoms with Crippen molar-refractivity contribution in [2.75, 3.05) is 19.6 Å². The van der Waals surface area contributed by atoms with Crippen molar-refractivity contribution in [3.8, 4) is 0 Å². The maximum absolute atomic E-state index is 3.71. The normalized spacial score (nSPS) is 29.4. The highest BCUT2D eigenvalue weighted by Gasteiger charge is 2.30. The first-order chi connectivity index (χ1) is 7.30. The molecule has 0 radical (unpaired) electrons. The van der Waals surface area contributed by atoms with E-state index in [0.29, 0.717) is 11.5 Å². The molecule has 2 unspecified atom stereocenters. The van der Waals surface area contributed by atoms with Crippen LogP contribution in [0.15, 0.2) is 0 Å². The summed E-state index contributed by atoms with van der Waals surface area (Å²) in [5.41, 5.74) is 0.360. The van der Waals surface area contributed by atoms with Crippen LogP contribution >= 0.6 is 0 Å². The Kier molecular flexibility index (Phi) is 4.81. The van der Waals surface area contributed by atoms with Crippen LogP contribution in [0.5, 0.6) is 0 Å². The predicted octanol–water partition coefficient (Wildman–Crippen LogP) is 2.74. The standard InChI is InChI=1S/C14H30N2/c1-11(2)9-16-10-13(14(4,5)6)15-8-7-12(16)3/h11-13,15H,7-10H2,1-6H3. The van der Waals surface area contributed by atoms with Gasteiger partial charge in [-0.2, -0.15) is 0 Å². The van der Waals surface area contributed by atoms with Gasteiger partial charge in [0.15, 0.2) is 0 Å². The second-order valence-corrected chi connectivity index (χ2v) is 6.86. The largest absolute Gasteiger partial charge is 0.312 e. The summed E-state index contributed by atoms with van der Waals surface area (Å²) in [6.45, 7) is 17.6. The van der Waals surface area contributed by atoms with Gasteiger partial charge in [-0.05, 0) is 31.2 Å². The number of nitrogens with zero attached hydrogens (tertiary/aromatic N) is 1. The summed E-state index contributed by atoms with van der Waals surface area (Å²) < 4.78 is 0. The van der Waals surface area contributed by atoms with Gasteiger partial charge in [0.05, 0.1) is 0 Å². The monoisotopic (exact) mass is 226 g/mol. The molecule has 1 aliphatic heterocycles. The second-order valence-electron chi connectivity index (χ2n) is 6.86. The van der Waals surface area contributed by atoms with Gasteiger partial charge in [0.1, 0.15) is 0 Å². The fourth-order valence-electron chi connectivity index (χ4n) is 2.43. The molecule has 1 aliphatic rings. The summed E-state index contributed by atoms with van der Waals surface area (Å²) >= 11 is 0. The van der Waals surface area contributed by atoms with Crippen molar-refractivity contribution >= 4 is 0 Å². The minimum atomic E-state index is 0.360. The highest BCUT2D eigenvalue weighted by Crippen LogP contribution is 2.23. The average molecular weight is 226 g/mol. The van der Waals surface area contributed by atoms with E-state index in [9.17, 15) is 0 Å². The molecule has 0 aromatic rings. The van der Waals surface area contributed by atoms with E-state index in [1.807, 2.05) is 0 Å². The van der Waals surface area contributed by atoms with Gasteiger partial charge in [-0.3, -0.25) is 4.90 Å². The van der Waals surface area contributed by atoms with Gasteiger partial charge in [0, 0.05) is 25.2 Å². The molecule has 1 heterocycles. The summed E-state index contributed by atoms with van der Waals surface area (Å²) in [6.07, 6.45) is 1.28. The molecule has 2 atom stereocenters. The summed E-state index contributed by atoms with van der Waals surface area (Å²) in [7, 11) is 0. The van der Waals surface area contributed by atoms with Gasteiger partial charge in [0.2, 0.25) is 0 Å². The first-order valence-electron chi connectivity index (χ1n) is 6.78. The zero-order chi connectivity index (χ0) is 12.3. The van der Waals surface area contributed by atoms with Crippen LogP contribution in [0.3, 0.4) is 0 Å². The molecule has 1 saturated heterocycles. The SMILES string of the molecule is CC(C)CN1CC(C(C)(C)C)NCCC1C. The third kappa shape index (κ3) is 4.06. The minimum absolute atomic E-state index is 0.360. The molecule has 0 aliphatic carbocycles. The molecular weight excluding hydrogens is 196 g/mol. The molecule has 16 heavy (non-hydrogen) atoms. The van der Waals surface area contributed by atoms with Gasteiger partial charge in [-0.1, -0.05) is 34.6 Å². The van der Waals surface area contributed by atoms with E-state index in [0.717, 1.165) is 18.5 Å². The highest BCUT2D eigenvalue weighted by molar-refractivity contribution is 4.88. The Labute approximate surface area is 102 Å². The second kappa shape index (κ2) is 5.50. The molecule has 0 amide bonds. The van der Waals surface area contributed by atoms with Crippen LogP contribution < -0.4 is 5.32 Å². The maximum atomic E-state index is 3.71. The number of hydrogen-bond acceptors (Lipinski definition) is 2. The summed E-state index contributed by atoms with van der Waals surface area (Å²) in [5.74, 6) is 0.765. The van der Waals surface area contributed by atoms with E-state index in [-0.39, 0.29) is 0 Å². The van der Waals surface area contributed by atoms with Crippen LogP contribution in [0.4, 0.5) is 0 Å². The van der Waals surface area contributed by atoms with Gasteiger partial charge in [-0.15, -0.1) is 0 Å². The van der Waals surface area contributed by atoms with E-state index < -0.39 is 0 Å². The van der Waals surface area contributed by atoms with Crippen molar-refractivity contribution < 1.29 is 0 Å². The first-order valence-corrected chi connectivity index (χ1v) is 6.78. The third-order valence-corrected chi connectivity index (χ3v) is 3.64. The van der Waals surface area contributed by atoms with Crippen LogP contribution in [-0.4, -0.2) is 36.6 Å². The molecule has 2 nitrogen and oxygen atoms in total. The molecule has 1 rings (SSSR count). The lowest BCUT2D eigenvalue weighted by Gasteiger charge is -2.36. The number of rotatable bonds is 2. The van der Waals surface area contributed by atoms with E-state index in [1.54, 1.807) is 0 Å². The number of hydrogen-bond donors (Lipinski definition) is 1. The van der Waals surface area contributed by atoms with Crippen LogP contribution in [0, 0.1) is 11.3 Å². The lowest BCUT2D eigenvalue weighted by Crippen LogP contribution is -2.48. The van der Waals surface area contributed by atoms with Crippen molar-refractivity contribution in [2.24, 2.45) is 11.3 Å². The van der Waals surface area contributed by atoms with E-state index in [1.165, 1.54) is 19.5 Å². The Balaban J connectivity index is 2.66. The van der Waals surface area contributed by atoms with Crippen LogP contribution in [0.1, 0.15) is 48.0 Å². The van der Waals surface area contributed by atoms with Gasteiger partial charge in [-0.25, -0.2) is 0 Å². The molecule has 1 fully saturated rings. The summed E-state index contributed by atoms with van der Waals surface area (Å²) in [4.78, 5) is 2.67. The van der Waals surface area contributed by atoms with Crippen molar-refractivity contribution in [1.29, 1.82) is 0 Å². The molecule has 1 N–H and O–H groups in total. The molecular formula is C14H30N2. The molecule has 0 spiro atoms. The van der Waals surface area contributed by atoms with Crippen LogP contribution in [0.2, 0.25) is 0 Å². The molecule has 0 saturated carbocycles. The first kappa shape index (κ1) is 14.0. The van der Waals surface area contributed by atoms with Crippen molar-refractivity contribution in [2.45, 2.75) is 60.0 Å². The Hall–Kier alpha value is -0.0800. The third-order valence-electron chi connectivity index (χ3n) is 3.64. The van der Waals surface area contributed by atoms with Crippen molar-refractivity contribution in [3.05, 3.63) is 0 Å².